The summed E-state index contributed by atoms with van der Waals surface area (Å²) in [5, 5.41) is 0.842. The monoisotopic (exact) mass is 407 g/mol. The number of nitrogens with zero attached hydrogens (tertiary/aromatic N) is 2. The number of esters is 1. The van der Waals surface area contributed by atoms with Gasteiger partial charge in [-0.2, -0.15) is 11.8 Å². The highest BCUT2D eigenvalue weighted by Gasteiger charge is 2.19. The van der Waals surface area contributed by atoms with Crippen molar-refractivity contribution in [1.29, 1.82) is 0 Å². The molecule has 2 aromatic heterocycles. The number of aromatic amines is 1. The number of carbonyl (C=O) groups is 2. The van der Waals surface area contributed by atoms with E-state index in [0.29, 0.717) is 11.3 Å². The molecule has 2 aromatic carbocycles. The maximum atomic E-state index is 12.7. The number of para-hydroxylation sites is 3. The number of aryl methyl sites for hydroxylation is 1. The molecule has 148 valence electrons. The molecule has 0 aliphatic carbocycles. The van der Waals surface area contributed by atoms with E-state index in [1.54, 1.807) is 11.8 Å². The zero-order chi connectivity index (χ0) is 20.4. The Labute approximate surface area is 172 Å². The lowest BCUT2D eigenvalue weighted by molar-refractivity contribution is -0.143. The van der Waals surface area contributed by atoms with Gasteiger partial charge in [-0.1, -0.05) is 30.3 Å². The maximum absolute atomic E-state index is 12.7. The van der Waals surface area contributed by atoms with Gasteiger partial charge < -0.3 is 14.3 Å². The number of ketones is 1. The SMILES string of the molecule is CSCc1nc2ccccc2n1CC(=O)OCC(=O)c1c(C)[nH]c2ccccc12. The summed E-state index contributed by atoms with van der Waals surface area (Å²) < 4.78 is 7.19. The van der Waals surface area contributed by atoms with Crippen LogP contribution in [0.2, 0.25) is 0 Å². The molecule has 0 saturated heterocycles. The number of ether oxygens (including phenoxy) is 1. The summed E-state index contributed by atoms with van der Waals surface area (Å²) in [6.07, 6.45) is 1.99. The summed E-state index contributed by atoms with van der Waals surface area (Å²) in [5.41, 5.74) is 3.97. The van der Waals surface area contributed by atoms with Gasteiger partial charge in [0.25, 0.3) is 0 Å². The average molecular weight is 407 g/mol. The molecule has 0 amide bonds. The normalized spacial score (nSPS) is 11.2. The van der Waals surface area contributed by atoms with E-state index in [0.717, 1.165) is 33.5 Å². The number of imidazole rings is 1. The standard InChI is InChI=1S/C22H21N3O3S/c1-14-22(15-7-3-4-8-16(15)23-14)19(26)12-28-21(27)11-25-18-10-6-5-9-17(18)24-20(25)13-29-2/h3-10,23H,11-13H2,1-2H3. The molecule has 0 unspecified atom stereocenters. The highest BCUT2D eigenvalue weighted by molar-refractivity contribution is 7.97. The third kappa shape index (κ3) is 3.78. The van der Waals surface area contributed by atoms with Gasteiger partial charge in [0, 0.05) is 22.2 Å². The number of carbonyl (C=O) groups excluding carboxylic acids is 2. The zero-order valence-corrected chi connectivity index (χ0v) is 17.1. The number of rotatable bonds is 7. The first-order valence-electron chi connectivity index (χ1n) is 9.27. The molecule has 0 fully saturated rings. The molecule has 2 heterocycles. The number of Topliss-reactive ketones (excluding diaryl/α,β-unsaturated/α-hetero) is 1. The molecule has 1 N–H and O–H groups in total. The van der Waals surface area contributed by atoms with Gasteiger partial charge in [0.1, 0.15) is 12.4 Å². The highest BCUT2D eigenvalue weighted by Crippen LogP contribution is 2.23. The second-order valence-corrected chi connectivity index (χ2v) is 7.66. The van der Waals surface area contributed by atoms with Crippen LogP contribution in [-0.4, -0.2) is 39.2 Å². The summed E-state index contributed by atoms with van der Waals surface area (Å²) in [6, 6.07) is 15.3. The van der Waals surface area contributed by atoms with Crippen molar-refractivity contribution in [2.75, 3.05) is 12.9 Å². The molecule has 0 spiro atoms. The second-order valence-electron chi connectivity index (χ2n) is 6.79. The van der Waals surface area contributed by atoms with E-state index in [4.69, 9.17) is 4.74 Å². The van der Waals surface area contributed by atoms with Crippen molar-refractivity contribution < 1.29 is 14.3 Å². The molecular formula is C22H21N3O3S. The van der Waals surface area contributed by atoms with Crippen molar-refractivity contribution >= 4 is 45.5 Å². The number of fused-ring (bicyclic) bond motifs is 2. The van der Waals surface area contributed by atoms with E-state index in [9.17, 15) is 9.59 Å². The summed E-state index contributed by atoms with van der Waals surface area (Å²) in [6.45, 7) is 1.59. The van der Waals surface area contributed by atoms with Crippen molar-refractivity contribution in [2.45, 2.75) is 19.2 Å². The molecule has 0 aliphatic rings. The van der Waals surface area contributed by atoms with Crippen molar-refractivity contribution in [3.63, 3.8) is 0 Å². The van der Waals surface area contributed by atoms with Crippen LogP contribution >= 0.6 is 11.8 Å². The van der Waals surface area contributed by atoms with Gasteiger partial charge in [-0.25, -0.2) is 4.98 Å². The second kappa shape index (κ2) is 8.13. The molecular weight excluding hydrogens is 386 g/mol. The van der Waals surface area contributed by atoms with E-state index < -0.39 is 5.97 Å². The minimum Gasteiger partial charge on any atom is -0.456 e. The average Bonchev–Trinajstić information content (AvgIpc) is 3.23. The number of nitrogens with one attached hydrogen (secondary N) is 1. The molecule has 0 bridgehead atoms. The van der Waals surface area contributed by atoms with Crippen LogP contribution < -0.4 is 0 Å². The number of hydrogen-bond donors (Lipinski definition) is 1. The Hall–Kier alpha value is -3.06. The molecule has 0 aliphatic heterocycles. The van der Waals surface area contributed by atoms with Gasteiger partial charge in [0.05, 0.1) is 16.8 Å². The predicted molar refractivity (Wildman–Crippen MR) is 115 cm³/mol. The molecule has 0 saturated carbocycles. The summed E-state index contributed by atoms with van der Waals surface area (Å²) in [7, 11) is 0. The number of benzene rings is 2. The van der Waals surface area contributed by atoms with Gasteiger partial charge in [-0.15, -0.1) is 0 Å². The fourth-order valence-electron chi connectivity index (χ4n) is 3.57. The minimum absolute atomic E-state index is 0.0244. The van der Waals surface area contributed by atoms with Gasteiger partial charge in [0.15, 0.2) is 6.61 Å². The summed E-state index contributed by atoms with van der Waals surface area (Å²) >= 11 is 1.64. The van der Waals surface area contributed by atoms with Crippen LogP contribution in [0.25, 0.3) is 21.9 Å². The fourth-order valence-corrected chi connectivity index (χ4v) is 4.05. The number of H-pyrrole nitrogens is 1. The Kier molecular flexibility index (Phi) is 5.40. The molecule has 0 radical (unpaired) electrons. The Balaban J connectivity index is 1.49. The maximum Gasteiger partial charge on any atom is 0.326 e. The van der Waals surface area contributed by atoms with Crippen molar-refractivity contribution in [3.8, 4) is 0 Å². The van der Waals surface area contributed by atoms with E-state index in [1.165, 1.54) is 0 Å². The lowest BCUT2D eigenvalue weighted by Gasteiger charge is -2.09. The Bertz CT molecular complexity index is 1210. The van der Waals surface area contributed by atoms with Crippen molar-refractivity contribution in [1.82, 2.24) is 14.5 Å². The van der Waals surface area contributed by atoms with E-state index in [1.807, 2.05) is 66.3 Å². The molecule has 0 atom stereocenters. The summed E-state index contributed by atoms with van der Waals surface area (Å²) in [5.74, 6) is 0.832. The largest absolute Gasteiger partial charge is 0.456 e. The number of thioether (sulfide) groups is 1. The first-order valence-corrected chi connectivity index (χ1v) is 10.7. The van der Waals surface area contributed by atoms with Gasteiger partial charge in [0.2, 0.25) is 5.78 Å². The van der Waals surface area contributed by atoms with Crippen LogP contribution in [0.5, 0.6) is 0 Å². The lowest BCUT2D eigenvalue weighted by Crippen LogP contribution is -2.19. The third-order valence-electron chi connectivity index (χ3n) is 4.83. The van der Waals surface area contributed by atoms with Crippen LogP contribution in [0.15, 0.2) is 48.5 Å². The fraction of sp³-hybridized carbons (Fsp3) is 0.227. The Morgan fingerprint density at radius 3 is 2.72 bits per heavy atom. The molecule has 29 heavy (non-hydrogen) atoms. The van der Waals surface area contributed by atoms with Crippen LogP contribution in [0.3, 0.4) is 0 Å². The Morgan fingerprint density at radius 2 is 1.90 bits per heavy atom. The first kappa shape index (κ1) is 19.3. The van der Waals surface area contributed by atoms with Crippen LogP contribution in [0, 0.1) is 6.92 Å². The van der Waals surface area contributed by atoms with E-state index in [-0.39, 0.29) is 18.9 Å². The molecule has 7 heteroatoms. The third-order valence-corrected chi connectivity index (χ3v) is 5.38. The number of hydrogen-bond acceptors (Lipinski definition) is 5. The highest BCUT2D eigenvalue weighted by atomic mass is 32.2. The summed E-state index contributed by atoms with van der Waals surface area (Å²) in [4.78, 5) is 33.0. The van der Waals surface area contributed by atoms with E-state index in [2.05, 4.69) is 9.97 Å². The molecule has 4 aromatic rings. The minimum atomic E-state index is -0.457. The topological polar surface area (TPSA) is 77.0 Å². The quantitative estimate of drug-likeness (QED) is 0.368. The first-order chi connectivity index (χ1) is 14.1. The van der Waals surface area contributed by atoms with E-state index >= 15 is 0 Å². The predicted octanol–water partition coefficient (Wildman–Crippen LogP) is 4.12. The van der Waals surface area contributed by atoms with Crippen molar-refractivity contribution in [2.24, 2.45) is 0 Å². The molecule has 4 rings (SSSR count). The van der Waals surface area contributed by atoms with Gasteiger partial charge in [-0.3, -0.25) is 9.59 Å². The zero-order valence-electron chi connectivity index (χ0n) is 16.3. The van der Waals surface area contributed by atoms with Crippen LogP contribution in [0.4, 0.5) is 0 Å². The lowest BCUT2D eigenvalue weighted by atomic mass is 10.1. The van der Waals surface area contributed by atoms with Gasteiger partial charge in [-0.05, 0) is 31.4 Å². The van der Waals surface area contributed by atoms with Crippen LogP contribution in [-0.2, 0) is 21.8 Å². The van der Waals surface area contributed by atoms with Crippen LogP contribution in [0.1, 0.15) is 21.9 Å². The Morgan fingerprint density at radius 1 is 1.14 bits per heavy atom. The number of aromatic nitrogens is 3. The van der Waals surface area contributed by atoms with Gasteiger partial charge >= 0.3 is 5.97 Å². The van der Waals surface area contributed by atoms with Crippen molar-refractivity contribution in [3.05, 3.63) is 65.6 Å². The molecule has 6 nitrogen and oxygen atoms in total. The smallest absolute Gasteiger partial charge is 0.326 e.